The number of likely N-dealkylation sites (N-methyl/N-ethyl adjacent to an activating group) is 1. The maximum atomic E-state index is 13.5. The Kier molecular flexibility index (Phi) is 8.42. The van der Waals surface area contributed by atoms with Crippen molar-refractivity contribution in [2.75, 3.05) is 25.6 Å². The van der Waals surface area contributed by atoms with Gasteiger partial charge in [-0.15, -0.1) is 12.4 Å². The molecule has 3 N–H and O–H groups in total. The van der Waals surface area contributed by atoms with Crippen LogP contribution in [0.25, 0.3) is 0 Å². The molecule has 0 saturated carbocycles. The van der Waals surface area contributed by atoms with E-state index in [9.17, 15) is 13.6 Å². The molecule has 4 nitrogen and oxygen atoms in total. The molecule has 0 aliphatic carbocycles. The van der Waals surface area contributed by atoms with Crippen molar-refractivity contribution in [2.45, 2.75) is 31.0 Å². The first-order valence-corrected chi connectivity index (χ1v) is 9.03. The predicted octanol–water partition coefficient (Wildman–Crippen LogP) is 2.33. The van der Waals surface area contributed by atoms with Crippen LogP contribution in [-0.2, 0) is 4.79 Å². The van der Waals surface area contributed by atoms with Crippen molar-refractivity contribution in [1.82, 2.24) is 10.2 Å². The molecule has 1 amide bonds. The van der Waals surface area contributed by atoms with Crippen molar-refractivity contribution in [3.63, 3.8) is 0 Å². The van der Waals surface area contributed by atoms with Gasteiger partial charge in [-0.05, 0) is 49.6 Å². The molecule has 1 fully saturated rings. The number of likely N-dealkylation sites (tertiary alicyclic amines) is 1. The summed E-state index contributed by atoms with van der Waals surface area (Å²) in [6.45, 7) is 0.772. The van der Waals surface area contributed by atoms with Gasteiger partial charge >= 0.3 is 0 Å². The van der Waals surface area contributed by atoms with Crippen molar-refractivity contribution in [2.24, 2.45) is 5.73 Å². The Morgan fingerprint density at radius 2 is 2.17 bits per heavy atom. The lowest BCUT2D eigenvalue weighted by atomic mass is 9.99. The molecule has 3 atom stereocenters. The van der Waals surface area contributed by atoms with Crippen LogP contribution in [0.5, 0.6) is 0 Å². The van der Waals surface area contributed by atoms with Gasteiger partial charge in [-0.3, -0.25) is 9.69 Å². The minimum Gasteiger partial charge on any atom is -0.350 e. The monoisotopic (exact) mass is 379 g/mol. The highest BCUT2D eigenvalue weighted by molar-refractivity contribution is 7.98. The normalized spacial score (nSPS) is 22.0. The number of thioether (sulfide) groups is 1. The molecule has 1 aromatic rings. The Bertz CT molecular complexity index is 564. The first kappa shape index (κ1) is 21.2. The first-order chi connectivity index (χ1) is 10.9. The second-order valence-corrected chi connectivity index (χ2v) is 6.88. The van der Waals surface area contributed by atoms with E-state index in [2.05, 4.69) is 5.32 Å². The molecule has 3 unspecified atom stereocenters. The zero-order chi connectivity index (χ0) is 17.0. The highest BCUT2D eigenvalue weighted by atomic mass is 35.5. The summed E-state index contributed by atoms with van der Waals surface area (Å²) in [6, 6.07) is 3.02. The number of rotatable bonds is 6. The number of hydrogen-bond acceptors (Lipinski definition) is 4. The van der Waals surface area contributed by atoms with Crippen LogP contribution in [0.2, 0.25) is 0 Å². The quantitative estimate of drug-likeness (QED) is 0.796. The smallest absolute Gasteiger partial charge is 0.237 e. The van der Waals surface area contributed by atoms with Gasteiger partial charge in [0.1, 0.15) is 0 Å². The van der Waals surface area contributed by atoms with Crippen molar-refractivity contribution in [1.29, 1.82) is 0 Å². The maximum absolute atomic E-state index is 13.5. The van der Waals surface area contributed by atoms with Gasteiger partial charge in [-0.25, -0.2) is 8.78 Å². The second kappa shape index (κ2) is 9.56. The third kappa shape index (κ3) is 5.05. The molecule has 1 aliphatic heterocycles. The van der Waals surface area contributed by atoms with E-state index in [1.807, 2.05) is 18.2 Å². The molecule has 24 heavy (non-hydrogen) atoms. The van der Waals surface area contributed by atoms with E-state index in [-0.39, 0.29) is 30.4 Å². The number of halogens is 3. The van der Waals surface area contributed by atoms with Gasteiger partial charge < -0.3 is 11.1 Å². The highest BCUT2D eigenvalue weighted by Crippen LogP contribution is 2.31. The second-order valence-electron chi connectivity index (χ2n) is 5.89. The maximum Gasteiger partial charge on any atom is 0.237 e. The van der Waals surface area contributed by atoms with Gasteiger partial charge in [0.25, 0.3) is 0 Å². The zero-order valence-electron chi connectivity index (χ0n) is 13.8. The van der Waals surface area contributed by atoms with Gasteiger partial charge in [0, 0.05) is 12.6 Å². The van der Waals surface area contributed by atoms with Gasteiger partial charge in [0.2, 0.25) is 5.91 Å². The van der Waals surface area contributed by atoms with Gasteiger partial charge in [0.15, 0.2) is 11.6 Å². The number of hydrogen-bond donors (Lipinski definition) is 2. The Hall–Kier alpha value is -0.890. The lowest BCUT2D eigenvalue weighted by Crippen LogP contribution is -2.47. The summed E-state index contributed by atoms with van der Waals surface area (Å²) in [4.78, 5) is 14.2. The van der Waals surface area contributed by atoms with Crippen molar-refractivity contribution in [3.05, 3.63) is 35.4 Å². The molecule has 0 bridgehead atoms. The lowest BCUT2D eigenvalue weighted by molar-refractivity contribution is -0.123. The standard InChI is InChI=1S/C16H23F2N3OS.ClH/c1-21-7-5-14(20-16(22)13(19)6-8-23-2)15(21)10-3-4-11(17)12(18)9-10;/h3-4,9,13-15H,5-8,19H2,1-2H3,(H,20,22);1H. The zero-order valence-corrected chi connectivity index (χ0v) is 15.4. The first-order valence-electron chi connectivity index (χ1n) is 7.64. The molecule has 1 aliphatic rings. The molecule has 0 radical (unpaired) electrons. The van der Waals surface area contributed by atoms with E-state index in [0.29, 0.717) is 12.0 Å². The molecule has 1 heterocycles. The summed E-state index contributed by atoms with van der Waals surface area (Å²) >= 11 is 1.65. The fourth-order valence-corrected chi connectivity index (χ4v) is 3.44. The van der Waals surface area contributed by atoms with Crippen LogP contribution < -0.4 is 11.1 Å². The van der Waals surface area contributed by atoms with E-state index < -0.39 is 17.7 Å². The summed E-state index contributed by atoms with van der Waals surface area (Å²) in [5.41, 5.74) is 6.55. The number of benzene rings is 1. The van der Waals surface area contributed by atoms with Crippen LogP contribution in [0.15, 0.2) is 18.2 Å². The minimum atomic E-state index is -0.871. The molecule has 1 aromatic carbocycles. The third-order valence-corrected chi connectivity index (χ3v) is 4.88. The number of carbonyl (C=O) groups is 1. The van der Waals surface area contributed by atoms with Crippen molar-refractivity contribution < 1.29 is 13.6 Å². The molecular formula is C16H24ClF2N3OS. The van der Waals surface area contributed by atoms with Gasteiger partial charge in [-0.1, -0.05) is 6.07 Å². The molecule has 8 heteroatoms. The van der Waals surface area contributed by atoms with E-state index in [1.165, 1.54) is 6.07 Å². The molecule has 2 rings (SSSR count). The molecule has 1 saturated heterocycles. The van der Waals surface area contributed by atoms with Gasteiger partial charge in [0.05, 0.1) is 12.1 Å². The average Bonchev–Trinajstić information content (AvgIpc) is 2.88. The van der Waals surface area contributed by atoms with Crippen LogP contribution in [0, 0.1) is 11.6 Å². The van der Waals surface area contributed by atoms with E-state index in [0.717, 1.165) is 24.8 Å². The Morgan fingerprint density at radius 3 is 2.79 bits per heavy atom. The predicted molar refractivity (Wildman–Crippen MR) is 96.5 cm³/mol. The van der Waals surface area contributed by atoms with Gasteiger partial charge in [-0.2, -0.15) is 11.8 Å². The fourth-order valence-electron chi connectivity index (χ4n) is 2.95. The van der Waals surface area contributed by atoms with Crippen LogP contribution in [0.3, 0.4) is 0 Å². The van der Waals surface area contributed by atoms with Crippen molar-refractivity contribution >= 4 is 30.1 Å². The molecule has 0 aromatic heterocycles. The number of nitrogens with zero attached hydrogens (tertiary/aromatic N) is 1. The summed E-state index contributed by atoms with van der Waals surface area (Å²) < 4.78 is 26.7. The van der Waals surface area contributed by atoms with Crippen LogP contribution in [0.4, 0.5) is 8.78 Å². The van der Waals surface area contributed by atoms with Crippen LogP contribution >= 0.6 is 24.2 Å². The van der Waals surface area contributed by atoms with E-state index in [4.69, 9.17) is 5.73 Å². The number of nitrogens with one attached hydrogen (secondary N) is 1. The highest BCUT2D eigenvalue weighted by Gasteiger charge is 2.35. The summed E-state index contributed by atoms with van der Waals surface area (Å²) in [5, 5.41) is 2.97. The molecule has 136 valence electrons. The summed E-state index contributed by atoms with van der Waals surface area (Å²) in [7, 11) is 1.91. The number of amides is 1. The topological polar surface area (TPSA) is 58.4 Å². The lowest BCUT2D eigenvalue weighted by Gasteiger charge is -2.27. The van der Waals surface area contributed by atoms with Crippen molar-refractivity contribution in [3.8, 4) is 0 Å². The fraction of sp³-hybridized carbons (Fsp3) is 0.562. The Balaban J connectivity index is 0.00000288. The average molecular weight is 380 g/mol. The number of nitrogens with two attached hydrogens (primary N) is 1. The van der Waals surface area contributed by atoms with Crippen LogP contribution in [0.1, 0.15) is 24.4 Å². The molecule has 0 spiro atoms. The third-order valence-electron chi connectivity index (χ3n) is 4.23. The summed E-state index contributed by atoms with van der Waals surface area (Å²) in [5.74, 6) is -1.10. The minimum absolute atomic E-state index is 0. The van der Waals surface area contributed by atoms with E-state index >= 15 is 0 Å². The van der Waals surface area contributed by atoms with E-state index in [1.54, 1.807) is 17.8 Å². The Labute approximate surface area is 151 Å². The number of carbonyl (C=O) groups excluding carboxylic acids is 1. The molecular weight excluding hydrogens is 356 g/mol. The largest absolute Gasteiger partial charge is 0.350 e. The SMILES string of the molecule is CSCCC(N)C(=O)NC1CCN(C)C1c1ccc(F)c(F)c1.Cl. The van der Waals surface area contributed by atoms with Crippen LogP contribution in [-0.4, -0.2) is 48.5 Å². The Morgan fingerprint density at radius 1 is 1.46 bits per heavy atom. The summed E-state index contributed by atoms with van der Waals surface area (Å²) in [6.07, 6.45) is 3.34.